The summed E-state index contributed by atoms with van der Waals surface area (Å²) in [6.45, 7) is 14.3. The van der Waals surface area contributed by atoms with E-state index in [0.717, 1.165) is 0 Å². The first-order valence-electron chi connectivity index (χ1n) is 7.53. The second-order valence-corrected chi connectivity index (χ2v) is 6.11. The number of ether oxygens (including phenoxy) is 1. The van der Waals surface area contributed by atoms with Crippen LogP contribution in [0, 0.1) is 18.9 Å². The van der Waals surface area contributed by atoms with E-state index in [1.807, 2.05) is 26.0 Å². The van der Waals surface area contributed by atoms with Crippen LogP contribution in [-0.2, 0) is 47.7 Å². The molecule has 0 heterocycles. The third kappa shape index (κ3) is 11.7. The first kappa shape index (κ1) is 27.4. The molecule has 1 rings (SSSR count). The van der Waals surface area contributed by atoms with Gasteiger partial charge in [0, 0.05) is 45.0 Å². The minimum absolute atomic E-state index is 0. The maximum atomic E-state index is 10.9. The number of carbonyl (C=O) groups is 1. The standard InChI is InChI=1S/C17H23O2.C2H6.CH3.Y/c1-14(18)19-13-16(2,3)11-12-17(4,5)15-9-7-6-8-10-15;1-2;;/h7-12H,13H2,1-5H3;1-2H3;1H3;/q-1;;-1;/b12-11+;;;. The van der Waals surface area contributed by atoms with Gasteiger partial charge in [0.15, 0.2) is 0 Å². The molecule has 1 radical (unpaired) electrons. The first-order chi connectivity index (χ1) is 9.73. The molecular weight excluding hydrogens is 361 g/mol. The molecule has 129 valence electrons. The summed E-state index contributed by atoms with van der Waals surface area (Å²) in [6.07, 6.45) is 4.29. The van der Waals surface area contributed by atoms with Gasteiger partial charge < -0.3 is 12.2 Å². The van der Waals surface area contributed by atoms with Gasteiger partial charge in [-0.05, 0) is 5.41 Å². The Bertz CT molecular complexity index is 448. The van der Waals surface area contributed by atoms with Crippen molar-refractivity contribution < 1.29 is 42.2 Å². The zero-order valence-electron chi connectivity index (χ0n) is 16.1. The van der Waals surface area contributed by atoms with E-state index in [9.17, 15) is 4.79 Å². The van der Waals surface area contributed by atoms with Crippen molar-refractivity contribution in [3.05, 3.63) is 55.5 Å². The molecule has 0 fully saturated rings. The fourth-order valence-electron chi connectivity index (χ4n) is 1.68. The van der Waals surface area contributed by atoms with E-state index >= 15 is 0 Å². The van der Waals surface area contributed by atoms with Crippen molar-refractivity contribution in [1.82, 2.24) is 0 Å². The molecule has 0 saturated heterocycles. The van der Waals surface area contributed by atoms with Gasteiger partial charge in [-0.1, -0.05) is 53.7 Å². The molecule has 3 heteroatoms. The summed E-state index contributed by atoms with van der Waals surface area (Å²) in [7, 11) is 0. The Kier molecular flexibility index (Phi) is 15.4. The molecule has 0 aliphatic rings. The third-order valence-electron chi connectivity index (χ3n) is 3.06. The first-order valence-corrected chi connectivity index (χ1v) is 7.53. The number of allylic oxidation sites excluding steroid dienone is 1. The molecular formula is C20H32O2Y-2. The Balaban J connectivity index is -0.000000960. The van der Waals surface area contributed by atoms with Crippen molar-refractivity contribution in [3.8, 4) is 0 Å². The topological polar surface area (TPSA) is 26.3 Å². The van der Waals surface area contributed by atoms with Crippen LogP contribution in [0.5, 0.6) is 0 Å². The molecule has 0 aliphatic heterocycles. The summed E-state index contributed by atoms with van der Waals surface area (Å²) in [5.41, 5.74) is 1.03. The molecule has 0 N–H and O–H groups in total. The molecule has 0 aromatic heterocycles. The Morgan fingerprint density at radius 3 is 2.04 bits per heavy atom. The van der Waals surface area contributed by atoms with E-state index in [0.29, 0.717) is 6.61 Å². The molecule has 0 bridgehead atoms. The summed E-state index contributed by atoms with van der Waals surface area (Å²) in [5, 5.41) is 0. The van der Waals surface area contributed by atoms with E-state index in [2.05, 4.69) is 58.0 Å². The largest absolute Gasteiger partial charge is 0.465 e. The molecule has 1 aromatic rings. The van der Waals surface area contributed by atoms with Crippen LogP contribution in [0.25, 0.3) is 0 Å². The van der Waals surface area contributed by atoms with Crippen LogP contribution in [-0.4, -0.2) is 12.6 Å². The number of carbonyl (C=O) groups excluding carboxylic acids is 1. The minimum Gasteiger partial charge on any atom is -0.465 e. The maximum Gasteiger partial charge on any atom is 0.302 e. The number of esters is 1. The van der Waals surface area contributed by atoms with Gasteiger partial charge in [-0.3, -0.25) is 4.79 Å². The number of rotatable bonds is 5. The summed E-state index contributed by atoms with van der Waals surface area (Å²) in [5.74, 6) is -0.237. The Morgan fingerprint density at radius 1 is 1.13 bits per heavy atom. The fourth-order valence-corrected chi connectivity index (χ4v) is 1.68. The van der Waals surface area contributed by atoms with Gasteiger partial charge in [0.2, 0.25) is 0 Å². The van der Waals surface area contributed by atoms with E-state index in [1.165, 1.54) is 12.5 Å². The third-order valence-corrected chi connectivity index (χ3v) is 3.06. The molecule has 2 nitrogen and oxygen atoms in total. The molecule has 1 aromatic carbocycles. The van der Waals surface area contributed by atoms with Crippen LogP contribution in [0.4, 0.5) is 0 Å². The van der Waals surface area contributed by atoms with Crippen LogP contribution < -0.4 is 0 Å². The Labute approximate surface area is 169 Å². The van der Waals surface area contributed by atoms with Crippen LogP contribution in [0.2, 0.25) is 0 Å². The van der Waals surface area contributed by atoms with Crippen molar-refractivity contribution in [1.29, 1.82) is 0 Å². The zero-order chi connectivity index (χ0) is 16.5. The van der Waals surface area contributed by atoms with Crippen molar-refractivity contribution in [2.24, 2.45) is 5.41 Å². The van der Waals surface area contributed by atoms with Gasteiger partial charge in [-0.15, -0.1) is 5.56 Å². The quantitative estimate of drug-likeness (QED) is 0.381. The summed E-state index contributed by atoms with van der Waals surface area (Å²) in [6, 6.07) is 11.0. The summed E-state index contributed by atoms with van der Waals surface area (Å²) >= 11 is 0. The number of hydrogen-bond donors (Lipinski definition) is 0. The van der Waals surface area contributed by atoms with Crippen molar-refractivity contribution >= 4 is 5.97 Å². The zero-order valence-corrected chi connectivity index (χ0v) is 18.9. The van der Waals surface area contributed by atoms with Gasteiger partial charge in [0.25, 0.3) is 0 Å². The molecule has 0 saturated carbocycles. The van der Waals surface area contributed by atoms with Crippen molar-refractivity contribution in [2.45, 2.75) is 53.9 Å². The van der Waals surface area contributed by atoms with E-state index in [4.69, 9.17) is 4.74 Å². The molecule has 0 atom stereocenters. The average molecular weight is 393 g/mol. The van der Waals surface area contributed by atoms with E-state index in [1.54, 1.807) is 0 Å². The van der Waals surface area contributed by atoms with Gasteiger partial charge in [-0.2, -0.15) is 30.3 Å². The average Bonchev–Trinajstić information content (AvgIpc) is 2.47. The van der Waals surface area contributed by atoms with Crippen LogP contribution >= 0.6 is 0 Å². The van der Waals surface area contributed by atoms with Gasteiger partial charge in [-0.25, -0.2) is 0 Å². The second kappa shape index (κ2) is 12.9. The van der Waals surface area contributed by atoms with E-state index < -0.39 is 0 Å². The molecule has 23 heavy (non-hydrogen) atoms. The SMILES string of the molecule is CC.CC(=O)OCC(C)(C)/C=C/C(C)(C)c1cc[c-]cc1.[CH3-].[Y]. The second-order valence-electron chi connectivity index (χ2n) is 6.11. The summed E-state index contributed by atoms with van der Waals surface area (Å²) in [4.78, 5) is 10.9. The molecule has 0 unspecified atom stereocenters. The molecule has 0 amide bonds. The predicted octanol–water partition coefficient (Wildman–Crippen LogP) is 5.38. The smallest absolute Gasteiger partial charge is 0.302 e. The minimum atomic E-state index is -0.237. The summed E-state index contributed by atoms with van der Waals surface area (Å²) < 4.78 is 5.08. The molecule has 0 aliphatic carbocycles. The van der Waals surface area contributed by atoms with Crippen LogP contribution in [0.15, 0.2) is 36.4 Å². The predicted molar refractivity (Wildman–Crippen MR) is 95.6 cm³/mol. The van der Waals surface area contributed by atoms with E-state index in [-0.39, 0.29) is 56.9 Å². The van der Waals surface area contributed by atoms with Gasteiger partial charge >= 0.3 is 5.97 Å². The number of benzene rings is 1. The Morgan fingerprint density at radius 2 is 1.61 bits per heavy atom. The monoisotopic (exact) mass is 393 g/mol. The molecule has 0 spiro atoms. The van der Waals surface area contributed by atoms with Crippen LogP contribution in [0.1, 0.15) is 54.0 Å². The maximum absolute atomic E-state index is 10.9. The van der Waals surface area contributed by atoms with Gasteiger partial charge in [0.1, 0.15) is 0 Å². The Hall–Kier alpha value is -0.466. The fraction of sp³-hybridized carbons (Fsp3) is 0.500. The normalized spacial score (nSPS) is 10.7. The van der Waals surface area contributed by atoms with Crippen LogP contribution in [0.3, 0.4) is 0 Å². The van der Waals surface area contributed by atoms with Gasteiger partial charge in [0.05, 0.1) is 6.61 Å². The van der Waals surface area contributed by atoms with Crippen molar-refractivity contribution in [3.63, 3.8) is 0 Å². The van der Waals surface area contributed by atoms with Crippen molar-refractivity contribution in [2.75, 3.05) is 6.61 Å². The number of hydrogen-bond acceptors (Lipinski definition) is 2.